The molecule has 0 atom stereocenters. The van der Waals surface area contributed by atoms with E-state index in [1.165, 1.54) is 11.1 Å². The quantitative estimate of drug-likeness (QED) is 0.635. The molecule has 1 nitrogen and oxygen atoms in total. The second-order valence-electron chi connectivity index (χ2n) is 6.15. The first-order valence-electron chi connectivity index (χ1n) is 7.55. The Labute approximate surface area is 124 Å². The van der Waals surface area contributed by atoms with Crippen LogP contribution in [0.25, 0.3) is 0 Å². The van der Waals surface area contributed by atoms with E-state index in [0.717, 1.165) is 5.76 Å². The molecular weight excluding hydrogens is 244 g/mol. The van der Waals surface area contributed by atoms with Crippen molar-refractivity contribution >= 4 is 0 Å². The van der Waals surface area contributed by atoms with E-state index in [4.69, 9.17) is 4.42 Å². The highest BCUT2D eigenvalue weighted by Crippen LogP contribution is 2.19. The summed E-state index contributed by atoms with van der Waals surface area (Å²) < 4.78 is 5.09. The molecule has 0 saturated carbocycles. The van der Waals surface area contributed by atoms with Crippen molar-refractivity contribution in [2.24, 2.45) is 0 Å². The fourth-order valence-corrected chi connectivity index (χ4v) is 1.89. The summed E-state index contributed by atoms with van der Waals surface area (Å²) >= 11 is 0. The van der Waals surface area contributed by atoms with Crippen LogP contribution in [0.5, 0.6) is 0 Å². The Morgan fingerprint density at radius 1 is 0.650 bits per heavy atom. The molecule has 0 N–H and O–H groups in total. The Balaban J connectivity index is 0.000000217. The van der Waals surface area contributed by atoms with E-state index in [1.807, 2.05) is 12.1 Å². The molecule has 0 aliphatic heterocycles. The predicted octanol–water partition coefficient (Wildman–Crippen LogP) is 6.34. The fraction of sp³-hybridized carbons (Fsp3) is 0.474. The van der Waals surface area contributed by atoms with Crippen molar-refractivity contribution in [2.45, 2.75) is 59.3 Å². The third-order valence-corrected chi connectivity index (χ3v) is 3.38. The average molecular weight is 272 g/mol. The van der Waals surface area contributed by atoms with Crippen LogP contribution in [0.1, 0.15) is 76.2 Å². The lowest BCUT2D eigenvalue weighted by molar-refractivity contribution is 0.487. The van der Waals surface area contributed by atoms with Gasteiger partial charge in [0.15, 0.2) is 0 Å². The van der Waals surface area contributed by atoms with Gasteiger partial charge in [-0.1, -0.05) is 65.8 Å². The van der Waals surface area contributed by atoms with Crippen molar-refractivity contribution in [3.63, 3.8) is 0 Å². The Morgan fingerprint density at radius 3 is 1.30 bits per heavy atom. The normalized spacial score (nSPS) is 10.8. The second-order valence-corrected chi connectivity index (χ2v) is 6.15. The van der Waals surface area contributed by atoms with Crippen LogP contribution in [0.3, 0.4) is 0 Å². The van der Waals surface area contributed by atoms with Crippen LogP contribution in [0.15, 0.2) is 47.1 Å². The van der Waals surface area contributed by atoms with Crippen molar-refractivity contribution in [1.82, 2.24) is 0 Å². The van der Waals surface area contributed by atoms with Crippen LogP contribution in [0.4, 0.5) is 0 Å². The molecule has 0 bridgehead atoms. The van der Waals surface area contributed by atoms with Gasteiger partial charge in [0.05, 0.1) is 6.26 Å². The van der Waals surface area contributed by atoms with Crippen LogP contribution in [-0.2, 0) is 0 Å². The maximum absolute atomic E-state index is 5.09. The van der Waals surface area contributed by atoms with Crippen molar-refractivity contribution in [2.75, 3.05) is 0 Å². The Hall–Kier alpha value is -1.50. The van der Waals surface area contributed by atoms with E-state index in [9.17, 15) is 0 Å². The molecule has 0 aliphatic carbocycles. The summed E-state index contributed by atoms with van der Waals surface area (Å²) in [5.74, 6) is 2.87. The molecule has 0 radical (unpaired) electrons. The maximum atomic E-state index is 5.09. The molecular formula is C19H28O. The van der Waals surface area contributed by atoms with Gasteiger partial charge >= 0.3 is 0 Å². The summed E-state index contributed by atoms with van der Waals surface area (Å²) in [6.07, 6.45) is 1.70. The smallest absolute Gasteiger partial charge is 0.106 e. The minimum atomic E-state index is 0.519. The highest BCUT2D eigenvalue weighted by atomic mass is 16.3. The van der Waals surface area contributed by atoms with Gasteiger partial charge in [-0.25, -0.2) is 0 Å². The van der Waals surface area contributed by atoms with Gasteiger partial charge in [-0.3, -0.25) is 0 Å². The number of hydrogen-bond donors (Lipinski definition) is 0. The van der Waals surface area contributed by atoms with Gasteiger partial charge in [0.2, 0.25) is 0 Å². The molecule has 0 amide bonds. The molecule has 20 heavy (non-hydrogen) atoms. The standard InChI is InChI=1S/C12H18.C7H10O/c1-9(2)11-5-7-12(8-6-11)10(3)4;1-6(2)7-4-3-5-8-7/h5-10H,1-4H3;3-6H,1-2H3. The monoisotopic (exact) mass is 272 g/mol. The molecule has 0 aliphatic rings. The van der Waals surface area contributed by atoms with E-state index in [1.54, 1.807) is 6.26 Å². The zero-order valence-corrected chi connectivity index (χ0v) is 13.7. The Bertz CT molecular complexity index is 434. The van der Waals surface area contributed by atoms with E-state index in [-0.39, 0.29) is 0 Å². The summed E-state index contributed by atoms with van der Waals surface area (Å²) in [5.41, 5.74) is 2.86. The highest BCUT2D eigenvalue weighted by molar-refractivity contribution is 5.26. The van der Waals surface area contributed by atoms with Gasteiger partial charge in [-0.05, 0) is 35.1 Å². The van der Waals surface area contributed by atoms with Crippen molar-refractivity contribution in [3.05, 3.63) is 59.5 Å². The van der Waals surface area contributed by atoms with E-state index < -0.39 is 0 Å². The lowest BCUT2D eigenvalue weighted by Gasteiger charge is -2.08. The largest absolute Gasteiger partial charge is 0.469 e. The van der Waals surface area contributed by atoms with Gasteiger partial charge in [-0.2, -0.15) is 0 Å². The van der Waals surface area contributed by atoms with Crippen LogP contribution in [0, 0.1) is 0 Å². The van der Waals surface area contributed by atoms with Crippen LogP contribution >= 0.6 is 0 Å². The number of benzene rings is 1. The summed E-state index contributed by atoms with van der Waals surface area (Å²) in [6.45, 7) is 13.1. The van der Waals surface area contributed by atoms with Gasteiger partial charge in [0.25, 0.3) is 0 Å². The zero-order chi connectivity index (χ0) is 15.1. The topological polar surface area (TPSA) is 13.1 Å². The predicted molar refractivity (Wildman–Crippen MR) is 87.4 cm³/mol. The lowest BCUT2D eigenvalue weighted by Crippen LogP contribution is -1.90. The molecule has 2 rings (SSSR count). The van der Waals surface area contributed by atoms with Crippen molar-refractivity contribution < 1.29 is 4.42 Å². The van der Waals surface area contributed by atoms with Gasteiger partial charge < -0.3 is 4.42 Å². The second kappa shape index (κ2) is 7.94. The molecule has 0 saturated heterocycles. The Morgan fingerprint density at radius 2 is 1.10 bits per heavy atom. The fourth-order valence-electron chi connectivity index (χ4n) is 1.89. The Kier molecular flexibility index (Phi) is 6.57. The van der Waals surface area contributed by atoms with Gasteiger partial charge in [0, 0.05) is 5.92 Å². The molecule has 1 aromatic heterocycles. The molecule has 2 aromatic rings. The van der Waals surface area contributed by atoms with E-state index in [2.05, 4.69) is 65.8 Å². The third kappa shape index (κ3) is 5.24. The number of furan rings is 1. The molecule has 0 unspecified atom stereocenters. The van der Waals surface area contributed by atoms with E-state index >= 15 is 0 Å². The van der Waals surface area contributed by atoms with Gasteiger partial charge in [0.1, 0.15) is 5.76 Å². The van der Waals surface area contributed by atoms with E-state index in [0.29, 0.717) is 17.8 Å². The van der Waals surface area contributed by atoms with Gasteiger partial charge in [-0.15, -0.1) is 0 Å². The molecule has 0 spiro atoms. The van der Waals surface area contributed by atoms with Crippen LogP contribution < -0.4 is 0 Å². The summed E-state index contributed by atoms with van der Waals surface area (Å²) in [5, 5.41) is 0. The maximum Gasteiger partial charge on any atom is 0.106 e. The van der Waals surface area contributed by atoms with Crippen LogP contribution in [0.2, 0.25) is 0 Å². The average Bonchev–Trinajstić information content (AvgIpc) is 2.93. The van der Waals surface area contributed by atoms with Crippen molar-refractivity contribution in [3.8, 4) is 0 Å². The summed E-state index contributed by atoms with van der Waals surface area (Å²) in [7, 11) is 0. The third-order valence-electron chi connectivity index (χ3n) is 3.38. The van der Waals surface area contributed by atoms with Crippen LogP contribution in [-0.4, -0.2) is 0 Å². The molecule has 1 aromatic carbocycles. The lowest BCUT2D eigenvalue weighted by atomic mass is 9.97. The SMILES string of the molecule is CC(C)c1ccc(C(C)C)cc1.CC(C)c1ccco1. The highest BCUT2D eigenvalue weighted by Gasteiger charge is 2.00. The molecule has 110 valence electrons. The minimum absolute atomic E-state index is 0.519. The summed E-state index contributed by atoms with van der Waals surface area (Å²) in [4.78, 5) is 0. The first kappa shape index (κ1) is 16.6. The minimum Gasteiger partial charge on any atom is -0.469 e. The first-order chi connectivity index (χ1) is 9.41. The number of hydrogen-bond acceptors (Lipinski definition) is 1. The summed E-state index contributed by atoms with van der Waals surface area (Å²) in [6, 6.07) is 12.8. The zero-order valence-electron chi connectivity index (χ0n) is 13.7. The molecule has 0 fully saturated rings. The van der Waals surface area contributed by atoms with Crippen molar-refractivity contribution in [1.29, 1.82) is 0 Å². The first-order valence-corrected chi connectivity index (χ1v) is 7.55. The molecule has 1 heterocycles. The molecule has 1 heteroatoms. The number of rotatable bonds is 3.